The van der Waals surface area contributed by atoms with Crippen LogP contribution in [0.4, 0.5) is 0 Å². The van der Waals surface area contributed by atoms with E-state index in [4.69, 9.17) is 0 Å². The summed E-state index contributed by atoms with van der Waals surface area (Å²) in [5.74, 6) is 0.149. The number of thiazole rings is 1. The molecule has 0 N–H and O–H groups in total. The molecule has 0 amide bonds. The van der Waals surface area contributed by atoms with Crippen molar-refractivity contribution >= 4 is 44.4 Å². The highest BCUT2D eigenvalue weighted by Gasteiger charge is 2.12. The summed E-state index contributed by atoms with van der Waals surface area (Å²) in [6, 6.07) is 1.89. The Kier molecular flexibility index (Phi) is 3.10. The summed E-state index contributed by atoms with van der Waals surface area (Å²) in [5, 5.41) is 1.91. The van der Waals surface area contributed by atoms with Crippen molar-refractivity contribution in [2.75, 3.05) is 0 Å². The first-order valence-corrected chi connectivity index (χ1v) is 6.46. The van der Waals surface area contributed by atoms with Gasteiger partial charge in [-0.05, 0) is 27.4 Å². The van der Waals surface area contributed by atoms with Gasteiger partial charge in [0.1, 0.15) is 0 Å². The summed E-state index contributed by atoms with van der Waals surface area (Å²) in [6.45, 7) is 0. The molecule has 0 fully saturated rings. The van der Waals surface area contributed by atoms with Crippen LogP contribution < -0.4 is 0 Å². The number of rotatable bonds is 3. The number of Topliss-reactive ketones (excluding diaryl/α,β-unsaturated/α-hetero) is 1. The third kappa shape index (κ3) is 2.10. The summed E-state index contributed by atoms with van der Waals surface area (Å²) in [6.07, 6.45) is 2.19. The van der Waals surface area contributed by atoms with E-state index in [1.54, 1.807) is 11.7 Å². The van der Waals surface area contributed by atoms with E-state index < -0.39 is 0 Å². The van der Waals surface area contributed by atoms with E-state index in [1.807, 2.05) is 11.4 Å². The molecular formula is C9H6BrNOS2. The van der Waals surface area contributed by atoms with Gasteiger partial charge in [0.15, 0.2) is 5.78 Å². The van der Waals surface area contributed by atoms with E-state index in [-0.39, 0.29) is 5.78 Å². The number of carbonyl (C=O) groups excluding carboxylic acids is 1. The molecule has 2 nitrogen and oxygen atoms in total. The van der Waals surface area contributed by atoms with Crippen LogP contribution in [0, 0.1) is 0 Å². The number of halogens is 1. The SMILES string of the molecule is O=C(Cc1cncs1)c1sccc1Br. The molecule has 2 rings (SSSR count). The van der Waals surface area contributed by atoms with Crippen molar-refractivity contribution in [2.24, 2.45) is 0 Å². The molecule has 0 saturated carbocycles. The highest BCUT2D eigenvalue weighted by molar-refractivity contribution is 9.10. The van der Waals surface area contributed by atoms with Gasteiger partial charge in [-0.2, -0.15) is 0 Å². The summed E-state index contributed by atoms with van der Waals surface area (Å²) in [4.78, 5) is 17.5. The number of ketones is 1. The van der Waals surface area contributed by atoms with Gasteiger partial charge >= 0.3 is 0 Å². The first-order valence-electron chi connectivity index (χ1n) is 3.91. The Bertz CT molecular complexity index is 435. The monoisotopic (exact) mass is 287 g/mol. The Morgan fingerprint density at radius 1 is 1.50 bits per heavy atom. The molecule has 0 aliphatic heterocycles. The summed E-state index contributed by atoms with van der Waals surface area (Å²) >= 11 is 6.33. The first kappa shape index (κ1) is 10.0. The van der Waals surface area contributed by atoms with Crippen molar-refractivity contribution in [3.8, 4) is 0 Å². The topological polar surface area (TPSA) is 30.0 Å². The minimum absolute atomic E-state index is 0.149. The third-order valence-electron chi connectivity index (χ3n) is 1.69. The molecule has 5 heteroatoms. The fourth-order valence-electron chi connectivity index (χ4n) is 1.06. The van der Waals surface area contributed by atoms with E-state index in [1.165, 1.54) is 22.7 Å². The van der Waals surface area contributed by atoms with E-state index in [2.05, 4.69) is 20.9 Å². The standard InChI is InChI=1S/C9H6BrNOS2/c10-7-1-2-13-9(7)8(12)3-6-4-11-5-14-6/h1-2,4-5H,3H2. The van der Waals surface area contributed by atoms with Gasteiger partial charge in [0.2, 0.25) is 0 Å². The lowest BCUT2D eigenvalue weighted by Gasteiger charge is -1.95. The summed E-state index contributed by atoms with van der Waals surface area (Å²) in [5.41, 5.74) is 1.74. The number of carbonyl (C=O) groups is 1. The Labute approximate surface area is 97.7 Å². The molecule has 72 valence electrons. The molecule has 0 bridgehead atoms. The van der Waals surface area contributed by atoms with Crippen molar-refractivity contribution in [1.82, 2.24) is 4.98 Å². The van der Waals surface area contributed by atoms with Crippen LogP contribution in [-0.2, 0) is 6.42 Å². The second-order valence-corrected chi connectivity index (χ2v) is 5.41. The third-order valence-corrected chi connectivity index (χ3v) is 4.35. The van der Waals surface area contributed by atoms with Crippen molar-refractivity contribution < 1.29 is 4.79 Å². The zero-order valence-corrected chi connectivity index (χ0v) is 10.3. The molecule has 2 aromatic rings. The lowest BCUT2D eigenvalue weighted by molar-refractivity contribution is 0.0997. The molecule has 0 atom stereocenters. The Morgan fingerprint density at radius 2 is 2.36 bits per heavy atom. The average molecular weight is 288 g/mol. The van der Waals surface area contributed by atoms with Crippen molar-refractivity contribution in [3.05, 3.63) is 37.4 Å². The van der Waals surface area contributed by atoms with Gasteiger partial charge in [-0.1, -0.05) is 0 Å². The quantitative estimate of drug-likeness (QED) is 0.810. The number of hydrogen-bond donors (Lipinski definition) is 0. The molecular weight excluding hydrogens is 282 g/mol. The molecule has 0 unspecified atom stereocenters. The number of nitrogens with zero attached hydrogens (tertiary/aromatic N) is 1. The molecule has 0 saturated heterocycles. The first-order chi connectivity index (χ1) is 6.77. The zero-order chi connectivity index (χ0) is 9.97. The maximum Gasteiger partial charge on any atom is 0.179 e. The fraction of sp³-hybridized carbons (Fsp3) is 0.111. The molecule has 0 radical (unpaired) electrons. The molecule has 0 aromatic carbocycles. The van der Waals surface area contributed by atoms with Crippen LogP contribution in [0.5, 0.6) is 0 Å². The highest BCUT2D eigenvalue weighted by atomic mass is 79.9. The zero-order valence-electron chi connectivity index (χ0n) is 7.07. The smallest absolute Gasteiger partial charge is 0.179 e. The highest BCUT2D eigenvalue weighted by Crippen LogP contribution is 2.24. The average Bonchev–Trinajstić information content (AvgIpc) is 2.75. The second-order valence-electron chi connectivity index (χ2n) is 2.67. The van der Waals surface area contributed by atoms with Crippen LogP contribution in [0.2, 0.25) is 0 Å². The number of thiophene rings is 1. The summed E-state index contributed by atoms with van der Waals surface area (Å²) in [7, 11) is 0. The van der Waals surface area contributed by atoms with Crippen molar-refractivity contribution in [3.63, 3.8) is 0 Å². The Morgan fingerprint density at radius 3 is 2.93 bits per heavy atom. The molecule has 14 heavy (non-hydrogen) atoms. The molecule has 0 aliphatic carbocycles. The molecule has 2 heterocycles. The lowest BCUT2D eigenvalue weighted by atomic mass is 10.2. The molecule has 0 spiro atoms. The van der Waals surface area contributed by atoms with Gasteiger partial charge in [0.05, 0.1) is 10.4 Å². The maximum absolute atomic E-state index is 11.8. The van der Waals surface area contributed by atoms with Crippen LogP contribution in [0.25, 0.3) is 0 Å². The predicted molar refractivity (Wildman–Crippen MR) is 62.2 cm³/mol. The molecule has 2 aromatic heterocycles. The largest absolute Gasteiger partial charge is 0.293 e. The van der Waals surface area contributed by atoms with Crippen LogP contribution in [0.15, 0.2) is 27.6 Å². The predicted octanol–water partition coefficient (Wildman–Crippen LogP) is 3.39. The van der Waals surface area contributed by atoms with Crippen molar-refractivity contribution in [2.45, 2.75) is 6.42 Å². The van der Waals surface area contributed by atoms with Gasteiger partial charge in [-0.15, -0.1) is 22.7 Å². The van der Waals surface area contributed by atoms with E-state index >= 15 is 0 Å². The van der Waals surface area contributed by atoms with E-state index in [0.29, 0.717) is 6.42 Å². The lowest BCUT2D eigenvalue weighted by Crippen LogP contribution is -1.99. The number of hydrogen-bond acceptors (Lipinski definition) is 4. The van der Waals surface area contributed by atoms with Crippen LogP contribution in [0.1, 0.15) is 14.5 Å². The van der Waals surface area contributed by atoms with Gasteiger partial charge in [0.25, 0.3) is 0 Å². The van der Waals surface area contributed by atoms with Crippen LogP contribution in [0.3, 0.4) is 0 Å². The number of aromatic nitrogens is 1. The fourth-order valence-corrected chi connectivity index (χ4v) is 3.19. The van der Waals surface area contributed by atoms with Crippen LogP contribution in [-0.4, -0.2) is 10.8 Å². The van der Waals surface area contributed by atoms with Gasteiger partial charge in [-0.3, -0.25) is 9.78 Å². The second kappa shape index (κ2) is 4.33. The van der Waals surface area contributed by atoms with Gasteiger partial charge in [0, 0.05) is 22.0 Å². The minimum Gasteiger partial charge on any atom is -0.293 e. The summed E-state index contributed by atoms with van der Waals surface area (Å²) < 4.78 is 0.886. The van der Waals surface area contributed by atoms with Gasteiger partial charge < -0.3 is 0 Å². The normalized spacial score (nSPS) is 10.4. The van der Waals surface area contributed by atoms with E-state index in [9.17, 15) is 4.79 Å². The van der Waals surface area contributed by atoms with Crippen molar-refractivity contribution in [1.29, 1.82) is 0 Å². The minimum atomic E-state index is 0.149. The van der Waals surface area contributed by atoms with Gasteiger partial charge in [-0.25, -0.2) is 0 Å². The van der Waals surface area contributed by atoms with E-state index in [0.717, 1.165) is 14.2 Å². The maximum atomic E-state index is 11.8. The molecule has 0 aliphatic rings. The Hall–Kier alpha value is -0.520. The Balaban J connectivity index is 2.14. The van der Waals surface area contributed by atoms with Crippen LogP contribution >= 0.6 is 38.6 Å².